The molecule has 0 saturated carbocycles. The van der Waals surface area contributed by atoms with E-state index in [0.717, 1.165) is 16.8 Å². The standard InChI is InChI=1S/C14H25NO3PS/c1-5-17-19(16,18-6-2)20-13-12-15(3,4)14-10-8-7-9-11-14/h7-11H,5-6,12-13H2,1-4H3/q+1. The molecule has 0 N–H and O–H groups in total. The minimum Gasteiger partial charge on any atom is -0.301 e. The smallest absolute Gasteiger partial charge is 0.301 e. The molecule has 114 valence electrons. The molecule has 6 heteroatoms. The van der Waals surface area contributed by atoms with Crippen molar-refractivity contribution in [3.8, 4) is 0 Å². The van der Waals surface area contributed by atoms with Gasteiger partial charge in [0.25, 0.3) is 0 Å². The van der Waals surface area contributed by atoms with Crippen molar-refractivity contribution in [2.45, 2.75) is 13.8 Å². The maximum absolute atomic E-state index is 12.3. The third-order valence-corrected chi connectivity index (χ3v) is 6.89. The first-order valence-electron chi connectivity index (χ1n) is 6.86. The van der Waals surface area contributed by atoms with Gasteiger partial charge in [-0.25, -0.2) is 4.57 Å². The Labute approximate surface area is 126 Å². The van der Waals surface area contributed by atoms with Crippen molar-refractivity contribution in [2.75, 3.05) is 39.6 Å². The predicted molar refractivity (Wildman–Crippen MR) is 88.3 cm³/mol. The van der Waals surface area contributed by atoms with Gasteiger partial charge in [0.15, 0.2) is 0 Å². The Kier molecular flexibility index (Phi) is 7.27. The number of rotatable bonds is 9. The van der Waals surface area contributed by atoms with Crippen molar-refractivity contribution < 1.29 is 13.6 Å². The van der Waals surface area contributed by atoms with Gasteiger partial charge in [0.05, 0.1) is 39.6 Å². The SMILES string of the molecule is CCOP(=O)(OCC)SCC[N+](C)(C)c1ccccc1. The summed E-state index contributed by atoms with van der Waals surface area (Å²) < 4.78 is 23.6. The molecule has 0 radical (unpaired) electrons. The van der Waals surface area contributed by atoms with Crippen molar-refractivity contribution in [3.63, 3.8) is 0 Å². The topological polar surface area (TPSA) is 35.5 Å². The maximum Gasteiger partial charge on any atom is 0.389 e. The Balaban J connectivity index is 2.56. The van der Waals surface area contributed by atoms with Crippen LogP contribution in [0.15, 0.2) is 30.3 Å². The molecule has 20 heavy (non-hydrogen) atoms. The Morgan fingerprint density at radius 2 is 1.65 bits per heavy atom. The normalized spacial score (nSPS) is 12.6. The first-order valence-corrected chi connectivity index (χ1v) is 9.99. The summed E-state index contributed by atoms with van der Waals surface area (Å²) in [4.78, 5) is 0. The van der Waals surface area contributed by atoms with Gasteiger partial charge in [-0.15, -0.1) is 0 Å². The highest BCUT2D eigenvalue weighted by Gasteiger charge is 2.27. The van der Waals surface area contributed by atoms with Gasteiger partial charge in [-0.3, -0.25) is 4.48 Å². The van der Waals surface area contributed by atoms with E-state index in [9.17, 15) is 4.57 Å². The van der Waals surface area contributed by atoms with Gasteiger partial charge in [0, 0.05) is 0 Å². The van der Waals surface area contributed by atoms with Gasteiger partial charge >= 0.3 is 6.80 Å². The van der Waals surface area contributed by atoms with Crippen molar-refractivity contribution in [3.05, 3.63) is 30.3 Å². The lowest BCUT2D eigenvalue weighted by molar-refractivity contribution is 0.237. The monoisotopic (exact) mass is 318 g/mol. The summed E-state index contributed by atoms with van der Waals surface area (Å²) in [6, 6.07) is 10.3. The highest BCUT2D eigenvalue weighted by atomic mass is 32.7. The molecule has 0 unspecified atom stereocenters. The molecule has 0 spiro atoms. The molecule has 0 atom stereocenters. The molecule has 1 rings (SSSR count). The summed E-state index contributed by atoms with van der Waals surface area (Å²) in [7, 11) is 4.28. The number of hydrogen-bond acceptors (Lipinski definition) is 4. The fourth-order valence-corrected chi connectivity index (χ4v) is 5.38. The van der Waals surface area contributed by atoms with Crippen LogP contribution in [0.5, 0.6) is 0 Å². The zero-order chi connectivity index (χ0) is 15.1. The van der Waals surface area contributed by atoms with E-state index in [2.05, 4.69) is 26.2 Å². The summed E-state index contributed by atoms with van der Waals surface area (Å²) >= 11 is 1.29. The average molecular weight is 318 g/mol. The second kappa shape index (κ2) is 8.20. The third-order valence-electron chi connectivity index (χ3n) is 2.93. The molecule has 0 aromatic heterocycles. The van der Waals surface area contributed by atoms with E-state index >= 15 is 0 Å². The average Bonchev–Trinajstić information content (AvgIpc) is 2.40. The lowest BCUT2D eigenvalue weighted by atomic mass is 10.2. The Morgan fingerprint density at radius 1 is 1.10 bits per heavy atom. The molecule has 0 aliphatic rings. The van der Waals surface area contributed by atoms with E-state index in [1.165, 1.54) is 17.1 Å². The molecular formula is C14H25NO3PS+. The molecule has 1 aromatic rings. The summed E-state index contributed by atoms with van der Waals surface area (Å²) in [5, 5.41) is 0. The third kappa shape index (κ3) is 5.58. The number of nitrogens with zero attached hydrogens (tertiary/aromatic N) is 1. The van der Waals surface area contributed by atoms with E-state index in [-0.39, 0.29) is 0 Å². The first kappa shape index (κ1) is 17.7. The van der Waals surface area contributed by atoms with Gasteiger partial charge in [-0.05, 0) is 37.4 Å². The fraction of sp³-hybridized carbons (Fsp3) is 0.571. The predicted octanol–water partition coefficient (Wildman–Crippen LogP) is 4.17. The fourth-order valence-electron chi connectivity index (χ4n) is 1.77. The lowest BCUT2D eigenvalue weighted by Gasteiger charge is -2.29. The molecule has 4 nitrogen and oxygen atoms in total. The van der Waals surface area contributed by atoms with Crippen LogP contribution in [0, 0.1) is 0 Å². The van der Waals surface area contributed by atoms with E-state index < -0.39 is 6.80 Å². The van der Waals surface area contributed by atoms with Gasteiger partial charge < -0.3 is 9.05 Å². The largest absolute Gasteiger partial charge is 0.389 e. The highest BCUT2D eigenvalue weighted by Crippen LogP contribution is 2.60. The number of hydrogen-bond donors (Lipinski definition) is 0. The second-order valence-electron chi connectivity index (χ2n) is 4.86. The van der Waals surface area contributed by atoms with Crippen molar-refractivity contribution >= 4 is 23.9 Å². The number of para-hydroxylation sites is 1. The van der Waals surface area contributed by atoms with Crippen LogP contribution in [0.3, 0.4) is 0 Å². The Morgan fingerprint density at radius 3 is 2.15 bits per heavy atom. The van der Waals surface area contributed by atoms with Crippen LogP contribution in [0.4, 0.5) is 5.69 Å². The number of quaternary nitrogens is 1. The first-order chi connectivity index (χ1) is 9.43. The van der Waals surface area contributed by atoms with E-state index in [1.807, 2.05) is 32.0 Å². The summed E-state index contributed by atoms with van der Waals surface area (Å²) in [6.45, 7) is 2.34. The van der Waals surface area contributed by atoms with Crippen molar-refractivity contribution in [2.24, 2.45) is 0 Å². The summed E-state index contributed by atoms with van der Waals surface area (Å²) in [5.74, 6) is 0.721. The van der Waals surface area contributed by atoms with Crippen LogP contribution >= 0.6 is 18.2 Å². The molecular weight excluding hydrogens is 293 g/mol. The molecule has 0 fully saturated rings. The van der Waals surface area contributed by atoms with Gasteiger partial charge in [0.1, 0.15) is 5.69 Å². The van der Waals surface area contributed by atoms with Crippen LogP contribution in [-0.2, 0) is 13.6 Å². The molecule has 0 bridgehead atoms. The molecule has 0 amide bonds. The maximum atomic E-state index is 12.3. The van der Waals surface area contributed by atoms with Gasteiger partial charge in [-0.2, -0.15) is 0 Å². The van der Waals surface area contributed by atoms with E-state index in [0.29, 0.717) is 13.2 Å². The molecule has 0 aliphatic heterocycles. The van der Waals surface area contributed by atoms with Crippen LogP contribution in [0.1, 0.15) is 13.8 Å². The Hall–Kier alpha value is -0.320. The van der Waals surface area contributed by atoms with Crippen LogP contribution in [0.2, 0.25) is 0 Å². The van der Waals surface area contributed by atoms with E-state index in [1.54, 1.807) is 0 Å². The highest BCUT2D eigenvalue weighted by molar-refractivity contribution is 8.55. The molecule has 0 saturated heterocycles. The zero-order valence-corrected chi connectivity index (χ0v) is 14.5. The van der Waals surface area contributed by atoms with Crippen LogP contribution < -0.4 is 4.48 Å². The van der Waals surface area contributed by atoms with Crippen LogP contribution in [0.25, 0.3) is 0 Å². The quantitative estimate of drug-likeness (QED) is 0.506. The summed E-state index contributed by atoms with van der Waals surface area (Å²) in [5.41, 5.74) is 1.23. The zero-order valence-electron chi connectivity index (χ0n) is 12.7. The number of benzene rings is 1. The lowest BCUT2D eigenvalue weighted by Crippen LogP contribution is -2.42. The molecule has 0 heterocycles. The van der Waals surface area contributed by atoms with Gasteiger partial charge in [0.2, 0.25) is 0 Å². The minimum absolute atomic E-state index is 0.404. The van der Waals surface area contributed by atoms with E-state index in [4.69, 9.17) is 9.05 Å². The second-order valence-corrected chi connectivity index (χ2v) is 9.05. The minimum atomic E-state index is -2.99. The summed E-state index contributed by atoms with van der Waals surface area (Å²) in [6.07, 6.45) is 0. The molecule has 1 aromatic carbocycles. The van der Waals surface area contributed by atoms with Crippen molar-refractivity contribution in [1.29, 1.82) is 0 Å². The Bertz CT molecular complexity index is 429. The van der Waals surface area contributed by atoms with Crippen LogP contribution in [-0.4, -0.2) is 39.6 Å². The van der Waals surface area contributed by atoms with Crippen molar-refractivity contribution in [1.82, 2.24) is 4.48 Å². The molecule has 0 aliphatic carbocycles. The van der Waals surface area contributed by atoms with Gasteiger partial charge in [-0.1, -0.05) is 18.2 Å².